The molecule has 2 aromatic rings. The van der Waals surface area contributed by atoms with Gasteiger partial charge in [-0.05, 0) is 75.7 Å². The van der Waals surface area contributed by atoms with Crippen LogP contribution in [0.25, 0.3) is 5.69 Å². The summed E-state index contributed by atoms with van der Waals surface area (Å²) in [5.74, 6) is 1.34. The van der Waals surface area contributed by atoms with E-state index >= 15 is 0 Å². The van der Waals surface area contributed by atoms with Gasteiger partial charge in [0.05, 0.1) is 11.4 Å². The molecule has 1 aliphatic carbocycles. The van der Waals surface area contributed by atoms with Crippen molar-refractivity contribution in [1.29, 1.82) is 0 Å². The van der Waals surface area contributed by atoms with Crippen LogP contribution >= 0.6 is 0 Å². The molecule has 2 heterocycles. The second-order valence-electron chi connectivity index (χ2n) is 8.49. The highest BCUT2D eigenvalue weighted by Crippen LogP contribution is 2.39. The minimum Gasteiger partial charge on any atom is -0.351 e. The van der Waals surface area contributed by atoms with Crippen molar-refractivity contribution in [3.05, 3.63) is 47.8 Å². The van der Waals surface area contributed by atoms with Gasteiger partial charge in [0.2, 0.25) is 0 Å². The minimum atomic E-state index is -0.0187. The number of likely N-dealkylation sites (tertiary alicyclic amines) is 1. The van der Waals surface area contributed by atoms with Gasteiger partial charge in [-0.15, -0.1) is 0 Å². The van der Waals surface area contributed by atoms with Gasteiger partial charge in [0.25, 0.3) is 5.91 Å². The van der Waals surface area contributed by atoms with Crippen LogP contribution in [0.4, 0.5) is 0 Å². The molecule has 1 saturated carbocycles. The first kappa shape index (κ1) is 19.2. The Morgan fingerprint density at radius 2 is 2.00 bits per heavy atom. The normalized spacial score (nSPS) is 20.2. The van der Waals surface area contributed by atoms with Gasteiger partial charge in [-0.25, -0.2) is 4.68 Å². The molecular formula is C23H32N4O. The molecule has 1 atom stereocenters. The first-order valence-corrected chi connectivity index (χ1v) is 10.9. The fraction of sp³-hybridized carbons (Fsp3) is 0.565. The van der Waals surface area contributed by atoms with Gasteiger partial charge in [-0.2, -0.15) is 5.10 Å². The van der Waals surface area contributed by atoms with E-state index in [1.807, 2.05) is 36.4 Å². The Bertz CT molecular complexity index is 781. The lowest BCUT2D eigenvalue weighted by Gasteiger charge is -2.30. The quantitative estimate of drug-likeness (QED) is 0.705. The maximum atomic E-state index is 12.8. The van der Waals surface area contributed by atoms with Crippen LogP contribution in [0.2, 0.25) is 0 Å². The van der Waals surface area contributed by atoms with Gasteiger partial charge in [0.15, 0.2) is 0 Å². The van der Waals surface area contributed by atoms with Gasteiger partial charge < -0.3 is 10.2 Å². The van der Waals surface area contributed by atoms with Crippen molar-refractivity contribution in [2.24, 2.45) is 5.92 Å². The lowest BCUT2D eigenvalue weighted by Crippen LogP contribution is -2.35. The number of amides is 1. The number of nitrogens with one attached hydrogen (secondary N) is 1. The molecule has 2 fully saturated rings. The number of hydrogen-bond donors (Lipinski definition) is 1. The molecule has 4 rings (SSSR count). The number of carbonyl (C=O) groups is 1. The van der Waals surface area contributed by atoms with E-state index in [9.17, 15) is 4.79 Å². The number of benzene rings is 1. The van der Waals surface area contributed by atoms with E-state index in [2.05, 4.69) is 17.1 Å². The molecule has 1 aromatic carbocycles. The molecule has 0 spiro atoms. The van der Waals surface area contributed by atoms with Crippen molar-refractivity contribution >= 4 is 5.91 Å². The number of hydrogen-bond acceptors (Lipinski definition) is 3. The van der Waals surface area contributed by atoms with Crippen molar-refractivity contribution in [2.45, 2.75) is 51.4 Å². The van der Waals surface area contributed by atoms with E-state index in [1.54, 1.807) is 4.68 Å². The molecular weight excluding hydrogens is 348 g/mol. The highest BCUT2D eigenvalue weighted by atomic mass is 16.2. The lowest BCUT2D eigenvalue weighted by molar-refractivity contribution is 0.0944. The first-order chi connectivity index (χ1) is 13.7. The topological polar surface area (TPSA) is 50.2 Å². The molecule has 0 radical (unpaired) electrons. The third-order valence-electron chi connectivity index (χ3n) is 5.89. The third-order valence-corrected chi connectivity index (χ3v) is 5.89. The fourth-order valence-electron chi connectivity index (χ4n) is 4.15. The van der Waals surface area contributed by atoms with Crippen LogP contribution < -0.4 is 5.32 Å². The second-order valence-corrected chi connectivity index (χ2v) is 8.49. The molecule has 1 saturated heterocycles. The summed E-state index contributed by atoms with van der Waals surface area (Å²) < 4.78 is 1.80. The number of unbranched alkanes of at least 4 members (excludes halogenated alkanes) is 1. The van der Waals surface area contributed by atoms with Gasteiger partial charge in [-0.1, -0.05) is 25.1 Å². The predicted molar refractivity (Wildman–Crippen MR) is 112 cm³/mol. The Morgan fingerprint density at radius 3 is 2.75 bits per heavy atom. The Balaban J connectivity index is 1.30. The monoisotopic (exact) mass is 380 g/mol. The minimum absolute atomic E-state index is 0.0187. The highest BCUT2D eigenvalue weighted by Gasteiger charge is 2.29. The largest absolute Gasteiger partial charge is 0.351 e. The summed E-state index contributed by atoms with van der Waals surface area (Å²) in [5.41, 5.74) is 2.64. The summed E-state index contributed by atoms with van der Waals surface area (Å²) in [5, 5.41) is 7.84. The standard InChI is InChI=1S/C23H32N4O/c1-18-8-7-15-26(17-18)14-6-5-13-24-23(28)22-16-21(19-11-12-19)25-27(22)20-9-3-2-4-10-20/h2-4,9-10,16,18-19H,5-8,11-15,17H2,1H3,(H,24,28)/t18-/m0/s1. The van der Waals surface area contributed by atoms with E-state index in [4.69, 9.17) is 5.10 Å². The van der Waals surface area contributed by atoms with Crippen molar-refractivity contribution in [3.8, 4) is 5.69 Å². The molecule has 0 unspecified atom stereocenters. The number of aromatic nitrogens is 2. The van der Waals surface area contributed by atoms with Crippen LogP contribution in [0.5, 0.6) is 0 Å². The number of carbonyl (C=O) groups excluding carboxylic acids is 1. The van der Waals surface area contributed by atoms with Crippen molar-refractivity contribution in [3.63, 3.8) is 0 Å². The molecule has 1 aliphatic heterocycles. The molecule has 5 nitrogen and oxygen atoms in total. The van der Waals surface area contributed by atoms with E-state index < -0.39 is 0 Å². The Labute approximate surface area is 168 Å². The lowest BCUT2D eigenvalue weighted by atomic mass is 10.0. The maximum Gasteiger partial charge on any atom is 0.270 e. The number of rotatable bonds is 8. The average Bonchev–Trinajstić information content (AvgIpc) is 3.46. The van der Waals surface area contributed by atoms with Gasteiger partial charge in [0.1, 0.15) is 5.69 Å². The third kappa shape index (κ3) is 4.82. The maximum absolute atomic E-state index is 12.8. The van der Waals surface area contributed by atoms with Gasteiger partial charge >= 0.3 is 0 Å². The molecule has 1 amide bonds. The van der Waals surface area contributed by atoms with Crippen LogP contribution in [0, 0.1) is 5.92 Å². The molecule has 0 bridgehead atoms. The average molecular weight is 381 g/mol. The highest BCUT2D eigenvalue weighted by molar-refractivity contribution is 5.93. The Hall–Kier alpha value is -2.14. The summed E-state index contributed by atoms with van der Waals surface area (Å²) in [4.78, 5) is 15.4. The van der Waals surface area contributed by atoms with Crippen molar-refractivity contribution in [2.75, 3.05) is 26.2 Å². The van der Waals surface area contributed by atoms with Crippen LogP contribution in [-0.4, -0.2) is 46.8 Å². The Kier molecular flexibility index (Phi) is 6.10. The number of piperidine rings is 1. The predicted octanol–water partition coefficient (Wildman–Crippen LogP) is 3.99. The fourth-order valence-corrected chi connectivity index (χ4v) is 4.15. The number of nitrogens with zero attached hydrogens (tertiary/aromatic N) is 3. The van der Waals surface area contributed by atoms with Crippen molar-refractivity contribution < 1.29 is 4.79 Å². The molecule has 2 aliphatic rings. The Morgan fingerprint density at radius 1 is 1.18 bits per heavy atom. The number of para-hydroxylation sites is 1. The zero-order valence-electron chi connectivity index (χ0n) is 16.9. The molecule has 1 N–H and O–H groups in total. The summed E-state index contributed by atoms with van der Waals surface area (Å²) >= 11 is 0. The van der Waals surface area contributed by atoms with E-state index in [-0.39, 0.29) is 5.91 Å². The van der Waals surface area contributed by atoms with Crippen LogP contribution in [0.3, 0.4) is 0 Å². The molecule has 150 valence electrons. The zero-order chi connectivity index (χ0) is 19.3. The summed E-state index contributed by atoms with van der Waals surface area (Å²) in [6.45, 7) is 6.68. The SMILES string of the molecule is C[C@H]1CCCN(CCCCNC(=O)c2cc(C3CC3)nn2-c2ccccc2)C1. The summed E-state index contributed by atoms with van der Waals surface area (Å²) in [7, 11) is 0. The van der Waals surface area contributed by atoms with Gasteiger partial charge in [-0.3, -0.25) is 4.79 Å². The van der Waals surface area contributed by atoms with E-state index in [0.717, 1.165) is 43.2 Å². The summed E-state index contributed by atoms with van der Waals surface area (Å²) in [6, 6.07) is 11.9. The van der Waals surface area contributed by atoms with E-state index in [0.29, 0.717) is 11.6 Å². The van der Waals surface area contributed by atoms with Crippen molar-refractivity contribution in [1.82, 2.24) is 20.0 Å². The second kappa shape index (κ2) is 8.91. The summed E-state index contributed by atoms with van der Waals surface area (Å²) in [6.07, 6.45) is 7.21. The van der Waals surface area contributed by atoms with Gasteiger partial charge in [0, 0.05) is 19.0 Å². The van der Waals surface area contributed by atoms with Crippen LogP contribution in [-0.2, 0) is 0 Å². The van der Waals surface area contributed by atoms with E-state index in [1.165, 1.54) is 38.8 Å². The molecule has 5 heteroatoms. The molecule has 1 aromatic heterocycles. The smallest absolute Gasteiger partial charge is 0.270 e. The first-order valence-electron chi connectivity index (χ1n) is 10.9. The zero-order valence-corrected chi connectivity index (χ0v) is 16.9. The van der Waals surface area contributed by atoms with Crippen LogP contribution in [0.15, 0.2) is 36.4 Å². The molecule has 28 heavy (non-hydrogen) atoms. The van der Waals surface area contributed by atoms with Crippen LogP contribution in [0.1, 0.15) is 67.5 Å².